The van der Waals surface area contributed by atoms with Gasteiger partial charge in [-0.3, -0.25) is 4.79 Å². The lowest BCUT2D eigenvalue weighted by molar-refractivity contribution is -0.133. The number of benzene rings is 1. The first-order chi connectivity index (χ1) is 13.7. The lowest BCUT2D eigenvalue weighted by atomic mass is 10.3. The Morgan fingerprint density at radius 2 is 1.86 bits per heavy atom. The molecule has 0 aliphatic carbocycles. The molecule has 28 heavy (non-hydrogen) atoms. The number of aromatic nitrogens is 5. The van der Waals surface area contributed by atoms with Gasteiger partial charge in [-0.05, 0) is 12.1 Å². The fourth-order valence-corrected chi connectivity index (χ4v) is 3.21. The van der Waals surface area contributed by atoms with Crippen LogP contribution < -0.4 is 14.4 Å². The average Bonchev–Trinajstić information content (AvgIpc) is 3.13. The molecule has 0 atom stereocenters. The highest BCUT2D eigenvalue weighted by molar-refractivity contribution is 5.83. The summed E-state index contributed by atoms with van der Waals surface area (Å²) in [5.74, 6) is 1.85. The van der Waals surface area contributed by atoms with Crippen LogP contribution in [0.4, 0.5) is 5.82 Å². The number of para-hydroxylation sites is 2. The predicted molar refractivity (Wildman–Crippen MR) is 101 cm³/mol. The van der Waals surface area contributed by atoms with E-state index in [2.05, 4.69) is 25.2 Å². The van der Waals surface area contributed by atoms with Crippen molar-refractivity contribution in [1.29, 1.82) is 0 Å². The summed E-state index contributed by atoms with van der Waals surface area (Å²) in [4.78, 5) is 25.0. The average molecular weight is 383 g/mol. The van der Waals surface area contributed by atoms with Crippen LogP contribution in [-0.4, -0.2) is 75.7 Å². The number of amides is 1. The number of ether oxygens (including phenoxy) is 2. The highest BCUT2D eigenvalue weighted by Crippen LogP contribution is 2.26. The summed E-state index contributed by atoms with van der Waals surface area (Å²) in [6.45, 7) is 2.45. The summed E-state index contributed by atoms with van der Waals surface area (Å²) in [7, 11) is 3.37. The third-order valence-electron chi connectivity index (χ3n) is 4.72. The maximum atomic E-state index is 12.5. The van der Waals surface area contributed by atoms with Crippen LogP contribution in [0.5, 0.6) is 11.5 Å². The minimum absolute atomic E-state index is 0.0255. The number of rotatable bonds is 5. The van der Waals surface area contributed by atoms with Crippen molar-refractivity contribution in [3.05, 3.63) is 30.6 Å². The number of hydrogen-bond donors (Lipinski definition) is 0. The van der Waals surface area contributed by atoms with Gasteiger partial charge >= 0.3 is 0 Å². The molecule has 146 valence electrons. The summed E-state index contributed by atoms with van der Waals surface area (Å²) in [5.41, 5.74) is 1.36. The topological polar surface area (TPSA) is 98.5 Å². The van der Waals surface area contributed by atoms with Gasteiger partial charge in [-0.25, -0.2) is 14.6 Å². The van der Waals surface area contributed by atoms with E-state index in [0.717, 1.165) is 5.82 Å². The van der Waals surface area contributed by atoms with Crippen LogP contribution in [0.1, 0.15) is 0 Å². The third-order valence-corrected chi connectivity index (χ3v) is 4.72. The van der Waals surface area contributed by atoms with Gasteiger partial charge in [0.25, 0.3) is 5.91 Å². The van der Waals surface area contributed by atoms with Crippen LogP contribution in [0.15, 0.2) is 30.6 Å². The Hall–Kier alpha value is -3.43. The van der Waals surface area contributed by atoms with E-state index in [1.807, 2.05) is 12.1 Å². The van der Waals surface area contributed by atoms with Crippen LogP contribution in [0.2, 0.25) is 0 Å². The monoisotopic (exact) mass is 383 g/mol. The molecular formula is C18H21N7O3. The van der Waals surface area contributed by atoms with Crippen molar-refractivity contribution in [2.24, 2.45) is 7.05 Å². The zero-order valence-corrected chi connectivity index (χ0v) is 15.8. The zero-order valence-electron chi connectivity index (χ0n) is 15.8. The molecule has 1 fully saturated rings. The second kappa shape index (κ2) is 7.67. The van der Waals surface area contributed by atoms with Crippen LogP contribution in [0, 0.1) is 0 Å². The largest absolute Gasteiger partial charge is 0.493 e. The zero-order chi connectivity index (χ0) is 19.5. The highest BCUT2D eigenvalue weighted by atomic mass is 16.5. The summed E-state index contributed by atoms with van der Waals surface area (Å²) in [5, 5.41) is 8.17. The normalized spacial score (nSPS) is 14.4. The fourth-order valence-electron chi connectivity index (χ4n) is 3.21. The molecule has 10 nitrogen and oxygen atoms in total. The number of piperazine rings is 1. The summed E-state index contributed by atoms with van der Waals surface area (Å²) >= 11 is 0. The number of carbonyl (C=O) groups excluding carboxylic acids is 1. The van der Waals surface area contributed by atoms with Gasteiger partial charge in [0.1, 0.15) is 6.33 Å². The summed E-state index contributed by atoms with van der Waals surface area (Å²) in [6, 6.07) is 7.28. The number of anilines is 1. The molecule has 1 aromatic carbocycles. The predicted octanol–water partition coefficient (Wildman–Crippen LogP) is 0.494. The van der Waals surface area contributed by atoms with Crippen LogP contribution in [-0.2, 0) is 11.8 Å². The molecule has 1 amide bonds. The fraction of sp³-hybridized carbons (Fsp3) is 0.389. The second-order valence-corrected chi connectivity index (χ2v) is 6.39. The van der Waals surface area contributed by atoms with Crippen molar-refractivity contribution in [3.8, 4) is 11.5 Å². The van der Waals surface area contributed by atoms with E-state index >= 15 is 0 Å². The molecular weight excluding hydrogens is 362 g/mol. The molecule has 1 aliphatic heterocycles. The van der Waals surface area contributed by atoms with Gasteiger partial charge in [0.15, 0.2) is 35.1 Å². The molecule has 0 unspecified atom stereocenters. The molecule has 4 rings (SSSR count). The lowest BCUT2D eigenvalue weighted by Crippen LogP contribution is -2.50. The van der Waals surface area contributed by atoms with Crippen LogP contribution >= 0.6 is 0 Å². The number of methoxy groups -OCH3 is 1. The van der Waals surface area contributed by atoms with Crippen LogP contribution in [0.3, 0.4) is 0 Å². The minimum Gasteiger partial charge on any atom is -0.493 e. The quantitative estimate of drug-likeness (QED) is 0.628. The number of nitrogens with zero attached hydrogens (tertiary/aromatic N) is 7. The van der Waals surface area contributed by atoms with Crippen molar-refractivity contribution < 1.29 is 14.3 Å². The van der Waals surface area contributed by atoms with Gasteiger partial charge in [-0.1, -0.05) is 17.3 Å². The molecule has 0 N–H and O–H groups in total. The van der Waals surface area contributed by atoms with Gasteiger partial charge < -0.3 is 19.3 Å². The van der Waals surface area contributed by atoms with E-state index in [1.54, 1.807) is 35.9 Å². The minimum atomic E-state index is -0.0575. The molecule has 10 heteroatoms. The summed E-state index contributed by atoms with van der Waals surface area (Å²) < 4.78 is 12.5. The molecule has 1 aliphatic rings. The first-order valence-electron chi connectivity index (χ1n) is 8.96. The Kier molecular flexibility index (Phi) is 4.92. The maximum absolute atomic E-state index is 12.5. The van der Waals surface area contributed by atoms with Gasteiger partial charge in [-0.15, -0.1) is 5.10 Å². The van der Waals surface area contributed by atoms with Crippen molar-refractivity contribution in [3.63, 3.8) is 0 Å². The van der Waals surface area contributed by atoms with E-state index in [1.165, 1.54) is 6.33 Å². The first kappa shape index (κ1) is 18.0. The van der Waals surface area contributed by atoms with Gasteiger partial charge in [0.05, 0.1) is 7.11 Å². The Labute approximate surface area is 161 Å². The van der Waals surface area contributed by atoms with Crippen molar-refractivity contribution in [1.82, 2.24) is 29.9 Å². The number of carbonyl (C=O) groups is 1. The molecule has 0 spiro atoms. The number of aryl methyl sites for hydroxylation is 1. The number of fused-ring (bicyclic) bond motifs is 1. The Morgan fingerprint density at radius 3 is 2.61 bits per heavy atom. The lowest BCUT2D eigenvalue weighted by Gasteiger charge is -2.35. The SMILES string of the molecule is COc1ccccc1OCC(=O)N1CCN(c2ncnc3c2nnn3C)CC1. The Morgan fingerprint density at radius 1 is 1.11 bits per heavy atom. The highest BCUT2D eigenvalue weighted by Gasteiger charge is 2.24. The molecule has 3 heterocycles. The van der Waals surface area contributed by atoms with Gasteiger partial charge in [-0.2, -0.15) is 0 Å². The molecule has 2 aromatic heterocycles. The Balaban J connectivity index is 1.36. The van der Waals surface area contributed by atoms with E-state index < -0.39 is 0 Å². The third kappa shape index (κ3) is 3.40. The summed E-state index contributed by atoms with van der Waals surface area (Å²) in [6.07, 6.45) is 1.51. The van der Waals surface area contributed by atoms with E-state index in [9.17, 15) is 4.79 Å². The second-order valence-electron chi connectivity index (χ2n) is 6.39. The van der Waals surface area contributed by atoms with E-state index in [4.69, 9.17) is 9.47 Å². The van der Waals surface area contributed by atoms with Gasteiger partial charge in [0.2, 0.25) is 0 Å². The van der Waals surface area contributed by atoms with Crippen molar-refractivity contribution in [2.45, 2.75) is 0 Å². The van der Waals surface area contributed by atoms with E-state index in [0.29, 0.717) is 48.8 Å². The number of hydrogen-bond acceptors (Lipinski definition) is 8. The van der Waals surface area contributed by atoms with E-state index in [-0.39, 0.29) is 12.5 Å². The molecule has 3 aromatic rings. The van der Waals surface area contributed by atoms with Crippen molar-refractivity contribution in [2.75, 3.05) is 44.8 Å². The standard InChI is InChI=1S/C18H21N7O3/c1-23-17-16(21-22-23)18(20-12-19-17)25-9-7-24(8-10-25)15(26)11-28-14-6-4-3-5-13(14)27-2/h3-6,12H,7-11H2,1-2H3. The maximum Gasteiger partial charge on any atom is 0.260 e. The first-order valence-corrected chi connectivity index (χ1v) is 8.96. The Bertz CT molecular complexity index is 982. The van der Waals surface area contributed by atoms with Crippen molar-refractivity contribution >= 4 is 22.9 Å². The molecule has 0 bridgehead atoms. The van der Waals surface area contributed by atoms with Gasteiger partial charge in [0, 0.05) is 33.2 Å². The molecule has 1 saturated heterocycles. The van der Waals surface area contributed by atoms with Crippen LogP contribution in [0.25, 0.3) is 11.2 Å². The molecule has 0 radical (unpaired) electrons. The smallest absolute Gasteiger partial charge is 0.260 e. The molecule has 0 saturated carbocycles.